The first kappa shape index (κ1) is 91.1. The Labute approximate surface area is 568 Å². The lowest BCUT2D eigenvalue weighted by Gasteiger charge is -2.21. The fourth-order valence-electron chi connectivity index (χ4n) is 11.1. The zero-order valence-corrected chi connectivity index (χ0v) is 62.7. The van der Waals surface area contributed by atoms with Gasteiger partial charge in [0.25, 0.3) is 0 Å². The molecule has 0 bridgehead atoms. The topological polar surface area (TPSA) is 237 Å². The highest BCUT2D eigenvalue weighted by atomic mass is 31.2. The van der Waals surface area contributed by atoms with Crippen LogP contribution in [0.1, 0.15) is 370 Å². The van der Waals surface area contributed by atoms with Gasteiger partial charge in [-0.3, -0.25) is 37.3 Å². The maximum absolute atomic E-state index is 13.0. The van der Waals surface area contributed by atoms with Crippen molar-refractivity contribution in [2.24, 2.45) is 23.7 Å². The summed E-state index contributed by atoms with van der Waals surface area (Å²) in [7, 11) is -9.91. The molecule has 0 aromatic rings. The van der Waals surface area contributed by atoms with Crippen LogP contribution in [0.3, 0.4) is 0 Å². The average molecular weight is 1370 g/mol. The van der Waals surface area contributed by atoms with Crippen molar-refractivity contribution in [2.45, 2.75) is 388 Å². The first-order valence-corrected chi connectivity index (χ1v) is 41.3. The number of phosphoric acid groups is 2. The molecule has 0 spiro atoms. The van der Waals surface area contributed by atoms with E-state index < -0.39 is 97.5 Å². The fourth-order valence-corrected chi connectivity index (χ4v) is 12.7. The van der Waals surface area contributed by atoms with Crippen LogP contribution in [-0.2, 0) is 65.4 Å². The van der Waals surface area contributed by atoms with Crippen LogP contribution in [0.4, 0.5) is 0 Å². The Bertz CT molecular complexity index is 1840. The molecule has 0 aromatic heterocycles. The SMILES string of the molecule is CCC(C)CCCCCCCCCCCCCCCCC(=O)O[C@H](COC(=O)CCCCCCCCC(C)CC)COP(=O)(O)OC[C@H](O)COP(=O)(O)OC[C@@H](COC(=O)CCCCCCCCCCCCCC(C)C)OC(=O)CCCCCCCCCCC(C)C. The van der Waals surface area contributed by atoms with Crippen molar-refractivity contribution in [2.75, 3.05) is 39.6 Å². The number of phosphoric ester groups is 2. The van der Waals surface area contributed by atoms with E-state index in [9.17, 15) is 43.2 Å². The second-order valence-electron chi connectivity index (χ2n) is 28.1. The van der Waals surface area contributed by atoms with Crippen LogP contribution in [0.15, 0.2) is 0 Å². The van der Waals surface area contributed by atoms with Crippen LogP contribution in [0.5, 0.6) is 0 Å². The van der Waals surface area contributed by atoms with Crippen LogP contribution in [0.2, 0.25) is 0 Å². The summed E-state index contributed by atoms with van der Waals surface area (Å²) in [5.74, 6) is 0.940. The van der Waals surface area contributed by atoms with E-state index in [4.69, 9.17) is 37.0 Å². The summed E-state index contributed by atoms with van der Waals surface area (Å²) in [5.41, 5.74) is 0. The molecule has 4 unspecified atom stereocenters. The van der Waals surface area contributed by atoms with Crippen molar-refractivity contribution >= 4 is 39.5 Å². The molecule has 17 nitrogen and oxygen atoms in total. The van der Waals surface area contributed by atoms with E-state index in [2.05, 4.69) is 55.4 Å². The molecule has 0 heterocycles. The molecule has 0 amide bonds. The Kier molecular flexibility index (Phi) is 62.2. The van der Waals surface area contributed by atoms with Gasteiger partial charge >= 0.3 is 39.5 Å². The number of aliphatic hydroxyl groups is 1. The van der Waals surface area contributed by atoms with Gasteiger partial charge in [-0.25, -0.2) is 9.13 Å². The van der Waals surface area contributed by atoms with Gasteiger partial charge in [0.1, 0.15) is 19.3 Å². The Morgan fingerprint density at radius 2 is 0.516 bits per heavy atom. The third kappa shape index (κ3) is 65.8. The molecular formula is C74H144O17P2. The number of carbonyl (C=O) groups excluding carboxylic acids is 4. The number of esters is 4. The Balaban J connectivity index is 5.23. The summed E-state index contributed by atoms with van der Waals surface area (Å²) in [6.45, 7) is 14.2. The lowest BCUT2D eigenvalue weighted by molar-refractivity contribution is -0.161. The second-order valence-corrected chi connectivity index (χ2v) is 31.0. The Hall–Kier alpha value is -1.94. The summed E-state index contributed by atoms with van der Waals surface area (Å²) in [4.78, 5) is 72.7. The van der Waals surface area contributed by atoms with Crippen molar-refractivity contribution in [1.29, 1.82) is 0 Å². The number of aliphatic hydroxyl groups excluding tert-OH is 1. The number of carbonyl (C=O) groups is 4. The smallest absolute Gasteiger partial charge is 0.462 e. The van der Waals surface area contributed by atoms with E-state index in [1.807, 2.05) is 0 Å². The fraction of sp³-hybridized carbons (Fsp3) is 0.946. The monoisotopic (exact) mass is 1370 g/mol. The quantitative estimate of drug-likeness (QED) is 0.0222. The van der Waals surface area contributed by atoms with Gasteiger partial charge < -0.3 is 33.8 Å². The molecule has 0 rings (SSSR count). The Morgan fingerprint density at radius 1 is 0.301 bits per heavy atom. The van der Waals surface area contributed by atoms with Crippen molar-refractivity contribution in [3.8, 4) is 0 Å². The van der Waals surface area contributed by atoms with Gasteiger partial charge in [-0.05, 0) is 49.4 Å². The van der Waals surface area contributed by atoms with Crippen LogP contribution in [0.25, 0.3) is 0 Å². The standard InChI is InChI=1S/C74H144O17P2/c1-9-66(7)52-44-36-28-21-17-13-11-12-14-18-23-30-40-48-56-73(78)90-70(61-85-72(77)55-47-39-33-32-37-45-53-67(8)10-2)63-89-93(82,83)87-59-68(75)58-86-92(80,81)88-62-69(91-74(79)57-49-41-31-25-24-27-35-43-51-65(5)6)60-84-71(76)54-46-38-29-22-19-15-16-20-26-34-42-50-64(3)4/h64-70,75H,9-63H2,1-8H3,(H,80,81)(H,82,83)/t66?,67?,68-,69-,70-/m1/s1. The molecule has 0 radical (unpaired) electrons. The highest BCUT2D eigenvalue weighted by molar-refractivity contribution is 7.47. The highest BCUT2D eigenvalue weighted by Crippen LogP contribution is 2.45. The average Bonchev–Trinajstić information content (AvgIpc) is 2.31. The number of ether oxygens (including phenoxy) is 4. The predicted octanol–water partition coefficient (Wildman–Crippen LogP) is 21.3. The van der Waals surface area contributed by atoms with Crippen LogP contribution in [-0.4, -0.2) is 96.7 Å². The molecular weight excluding hydrogens is 1220 g/mol. The molecule has 0 aliphatic carbocycles. The van der Waals surface area contributed by atoms with Gasteiger partial charge in [0.2, 0.25) is 0 Å². The second kappa shape index (κ2) is 63.5. The van der Waals surface area contributed by atoms with Crippen molar-refractivity contribution in [3.05, 3.63) is 0 Å². The number of unbranched alkanes of at least 4 members (excludes halogenated alkanes) is 35. The molecule has 0 aromatic carbocycles. The maximum Gasteiger partial charge on any atom is 0.472 e. The summed E-state index contributed by atoms with van der Waals surface area (Å²) >= 11 is 0. The lowest BCUT2D eigenvalue weighted by Crippen LogP contribution is -2.30. The molecule has 552 valence electrons. The van der Waals surface area contributed by atoms with Crippen molar-refractivity contribution < 1.29 is 80.2 Å². The van der Waals surface area contributed by atoms with Gasteiger partial charge in [0.15, 0.2) is 12.2 Å². The first-order chi connectivity index (χ1) is 44.7. The van der Waals surface area contributed by atoms with E-state index in [0.29, 0.717) is 25.7 Å². The molecule has 0 fully saturated rings. The molecule has 0 aliphatic rings. The van der Waals surface area contributed by atoms with E-state index in [1.54, 1.807) is 0 Å². The molecule has 0 aliphatic heterocycles. The predicted molar refractivity (Wildman–Crippen MR) is 377 cm³/mol. The molecule has 19 heteroatoms. The molecule has 93 heavy (non-hydrogen) atoms. The molecule has 3 N–H and O–H groups in total. The van der Waals surface area contributed by atoms with E-state index >= 15 is 0 Å². The minimum absolute atomic E-state index is 0.104. The third-order valence-corrected chi connectivity index (χ3v) is 19.7. The molecule has 0 saturated carbocycles. The first-order valence-electron chi connectivity index (χ1n) is 38.3. The zero-order valence-electron chi connectivity index (χ0n) is 60.9. The minimum Gasteiger partial charge on any atom is -0.462 e. The van der Waals surface area contributed by atoms with Crippen molar-refractivity contribution in [3.63, 3.8) is 0 Å². The summed E-state index contributed by atoms with van der Waals surface area (Å²) in [5, 5.41) is 10.6. The van der Waals surface area contributed by atoms with Crippen LogP contribution >= 0.6 is 15.6 Å². The van der Waals surface area contributed by atoms with Gasteiger partial charge in [-0.1, -0.05) is 319 Å². The normalized spacial score (nSPS) is 14.8. The summed E-state index contributed by atoms with van der Waals surface area (Å²) < 4.78 is 68.4. The largest absolute Gasteiger partial charge is 0.472 e. The Morgan fingerprint density at radius 3 is 0.763 bits per heavy atom. The molecule has 7 atom stereocenters. The third-order valence-electron chi connectivity index (χ3n) is 17.8. The van der Waals surface area contributed by atoms with E-state index in [0.717, 1.165) is 120 Å². The van der Waals surface area contributed by atoms with Gasteiger partial charge in [0, 0.05) is 25.7 Å². The van der Waals surface area contributed by atoms with Crippen molar-refractivity contribution in [1.82, 2.24) is 0 Å². The van der Waals surface area contributed by atoms with Gasteiger partial charge in [-0.2, -0.15) is 0 Å². The lowest BCUT2D eigenvalue weighted by atomic mass is 9.99. The van der Waals surface area contributed by atoms with Crippen LogP contribution < -0.4 is 0 Å². The van der Waals surface area contributed by atoms with E-state index in [-0.39, 0.29) is 25.7 Å². The highest BCUT2D eigenvalue weighted by Gasteiger charge is 2.30. The molecule has 0 saturated heterocycles. The van der Waals surface area contributed by atoms with Crippen LogP contribution in [0, 0.1) is 23.7 Å². The minimum atomic E-state index is -4.96. The number of rotatable bonds is 71. The van der Waals surface area contributed by atoms with Gasteiger partial charge in [0.05, 0.1) is 26.4 Å². The van der Waals surface area contributed by atoms with E-state index in [1.165, 1.54) is 167 Å². The summed E-state index contributed by atoms with van der Waals surface area (Å²) in [6, 6.07) is 0. The zero-order chi connectivity index (χ0) is 68.9. The number of hydrogen-bond acceptors (Lipinski definition) is 15. The maximum atomic E-state index is 13.0. The summed E-state index contributed by atoms with van der Waals surface area (Å²) in [6.07, 6.45) is 47.2. The van der Waals surface area contributed by atoms with Gasteiger partial charge in [-0.15, -0.1) is 0 Å². The number of hydrogen-bond donors (Lipinski definition) is 3.